The lowest BCUT2D eigenvalue weighted by molar-refractivity contribution is 0.119. The van der Waals surface area contributed by atoms with Crippen LogP contribution in [-0.4, -0.2) is 36.1 Å². The molecule has 18 heavy (non-hydrogen) atoms. The van der Waals surface area contributed by atoms with Crippen LogP contribution < -0.4 is 5.32 Å². The van der Waals surface area contributed by atoms with Crippen LogP contribution in [0.15, 0.2) is 30.3 Å². The van der Waals surface area contributed by atoms with Crippen molar-refractivity contribution in [3.8, 4) is 0 Å². The van der Waals surface area contributed by atoms with Crippen LogP contribution in [0.4, 0.5) is 0 Å². The van der Waals surface area contributed by atoms with E-state index in [0.717, 1.165) is 0 Å². The lowest BCUT2D eigenvalue weighted by Gasteiger charge is -2.40. The first kappa shape index (κ1) is 13.6. The minimum atomic E-state index is 0.610. The predicted molar refractivity (Wildman–Crippen MR) is 77.9 cm³/mol. The van der Waals surface area contributed by atoms with Crippen LogP contribution in [0, 0.1) is 0 Å². The highest BCUT2D eigenvalue weighted by molar-refractivity contribution is 5.16. The van der Waals surface area contributed by atoms with E-state index < -0.39 is 0 Å². The fourth-order valence-corrected chi connectivity index (χ4v) is 3.09. The van der Waals surface area contributed by atoms with Gasteiger partial charge in [-0.1, -0.05) is 37.3 Å². The second kappa shape index (κ2) is 6.35. The summed E-state index contributed by atoms with van der Waals surface area (Å²) >= 11 is 0. The molecule has 1 saturated heterocycles. The Kier molecular flexibility index (Phi) is 4.79. The van der Waals surface area contributed by atoms with Crippen molar-refractivity contribution in [3.63, 3.8) is 0 Å². The number of benzene rings is 1. The fraction of sp³-hybridized carbons (Fsp3) is 0.625. The molecule has 1 aromatic rings. The number of rotatable bonds is 4. The number of nitrogens with one attached hydrogen (secondary N) is 1. The van der Waals surface area contributed by atoms with Crippen molar-refractivity contribution in [1.29, 1.82) is 0 Å². The van der Waals surface area contributed by atoms with Gasteiger partial charge in [0.2, 0.25) is 0 Å². The smallest absolute Gasteiger partial charge is 0.0169 e. The summed E-state index contributed by atoms with van der Waals surface area (Å²) in [6.07, 6.45) is 2.41. The molecular weight excluding hydrogens is 220 g/mol. The van der Waals surface area contributed by atoms with Crippen molar-refractivity contribution in [3.05, 3.63) is 35.9 Å². The van der Waals surface area contributed by atoms with E-state index in [-0.39, 0.29) is 0 Å². The maximum absolute atomic E-state index is 3.61. The minimum absolute atomic E-state index is 0.610. The third-order valence-corrected chi connectivity index (χ3v) is 3.89. The van der Waals surface area contributed by atoms with Crippen molar-refractivity contribution in [2.75, 3.05) is 13.1 Å². The normalized spacial score (nSPS) is 27.1. The topological polar surface area (TPSA) is 15.3 Å². The Bertz CT molecular complexity index is 339. The first-order valence-corrected chi connectivity index (χ1v) is 7.23. The molecule has 0 radical (unpaired) electrons. The van der Waals surface area contributed by atoms with Gasteiger partial charge < -0.3 is 5.32 Å². The zero-order valence-electron chi connectivity index (χ0n) is 11.9. The molecular formula is C16H26N2. The van der Waals surface area contributed by atoms with Gasteiger partial charge in [-0.05, 0) is 32.3 Å². The van der Waals surface area contributed by atoms with Gasteiger partial charge in [-0.3, -0.25) is 4.90 Å². The van der Waals surface area contributed by atoms with E-state index in [2.05, 4.69) is 61.3 Å². The Hall–Kier alpha value is -0.860. The summed E-state index contributed by atoms with van der Waals surface area (Å²) in [6.45, 7) is 9.24. The zero-order chi connectivity index (χ0) is 13.0. The van der Waals surface area contributed by atoms with Gasteiger partial charge in [0.05, 0.1) is 0 Å². The van der Waals surface area contributed by atoms with Gasteiger partial charge in [0.1, 0.15) is 0 Å². The van der Waals surface area contributed by atoms with E-state index in [0.29, 0.717) is 18.1 Å². The minimum Gasteiger partial charge on any atom is -0.309 e. The highest BCUT2D eigenvalue weighted by atomic mass is 15.2. The number of hydrogen-bond donors (Lipinski definition) is 1. The molecule has 1 aliphatic rings. The lowest BCUT2D eigenvalue weighted by atomic mass is 10.00. The Labute approximate surface area is 111 Å². The molecule has 2 rings (SSSR count). The van der Waals surface area contributed by atoms with Crippen LogP contribution in [0.2, 0.25) is 0 Å². The average molecular weight is 246 g/mol. The molecule has 0 bridgehead atoms. The molecule has 2 heteroatoms. The second-order valence-electron chi connectivity index (χ2n) is 5.67. The van der Waals surface area contributed by atoms with Crippen LogP contribution in [0.1, 0.15) is 32.8 Å². The molecule has 3 atom stereocenters. The van der Waals surface area contributed by atoms with E-state index in [1.165, 1.54) is 31.5 Å². The molecule has 1 N–H and O–H groups in total. The fourth-order valence-electron chi connectivity index (χ4n) is 3.09. The SMILES string of the molecule is CCC(Cc1ccccc1)N1CC(C)NC(C)C1. The maximum atomic E-state index is 3.61. The molecule has 0 aliphatic carbocycles. The van der Waals surface area contributed by atoms with Crippen LogP contribution in [0.25, 0.3) is 0 Å². The van der Waals surface area contributed by atoms with Gasteiger partial charge in [-0.2, -0.15) is 0 Å². The maximum Gasteiger partial charge on any atom is 0.0169 e. The summed E-state index contributed by atoms with van der Waals surface area (Å²) in [5.41, 5.74) is 1.46. The zero-order valence-corrected chi connectivity index (χ0v) is 11.9. The molecule has 1 fully saturated rings. The third-order valence-electron chi connectivity index (χ3n) is 3.89. The van der Waals surface area contributed by atoms with Crippen LogP contribution in [-0.2, 0) is 6.42 Å². The van der Waals surface area contributed by atoms with Crippen molar-refractivity contribution in [1.82, 2.24) is 10.2 Å². The standard InChI is InChI=1S/C16H26N2/c1-4-16(10-15-8-6-5-7-9-15)18-11-13(2)17-14(3)12-18/h5-9,13-14,16-17H,4,10-12H2,1-3H3. The van der Waals surface area contributed by atoms with Crippen molar-refractivity contribution in [2.24, 2.45) is 0 Å². The number of nitrogens with zero attached hydrogens (tertiary/aromatic N) is 1. The Morgan fingerprint density at radius 1 is 1.17 bits per heavy atom. The summed E-state index contributed by atoms with van der Waals surface area (Å²) in [7, 11) is 0. The Morgan fingerprint density at radius 2 is 1.78 bits per heavy atom. The van der Waals surface area contributed by atoms with Crippen LogP contribution >= 0.6 is 0 Å². The molecule has 0 saturated carbocycles. The summed E-state index contributed by atoms with van der Waals surface area (Å²) < 4.78 is 0. The van der Waals surface area contributed by atoms with E-state index >= 15 is 0 Å². The van der Waals surface area contributed by atoms with Crippen LogP contribution in [0.3, 0.4) is 0 Å². The highest BCUT2D eigenvalue weighted by Gasteiger charge is 2.25. The van der Waals surface area contributed by atoms with Crippen molar-refractivity contribution < 1.29 is 0 Å². The second-order valence-corrected chi connectivity index (χ2v) is 5.67. The third kappa shape index (κ3) is 3.56. The molecule has 0 spiro atoms. The van der Waals surface area contributed by atoms with Gasteiger partial charge >= 0.3 is 0 Å². The first-order chi connectivity index (χ1) is 8.69. The summed E-state index contributed by atoms with van der Waals surface area (Å²) in [6, 6.07) is 12.8. The molecule has 2 nitrogen and oxygen atoms in total. The number of hydrogen-bond acceptors (Lipinski definition) is 2. The first-order valence-electron chi connectivity index (χ1n) is 7.23. The van der Waals surface area contributed by atoms with Gasteiger partial charge in [0.15, 0.2) is 0 Å². The monoisotopic (exact) mass is 246 g/mol. The van der Waals surface area contributed by atoms with Gasteiger partial charge in [0.25, 0.3) is 0 Å². The molecule has 100 valence electrons. The van der Waals surface area contributed by atoms with E-state index in [1.807, 2.05) is 0 Å². The van der Waals surface area contributed by atoms with Gasteiger partial charge in [-0.25, -0.2) is 0 Å². The summed E-state index contributed by atoms with van der Waals surface area (Å²) in [5, 5.41) is 3.61. The van der Waals surface area contributed by atoms with Crippen LogP contribution in [0.5, 0.6) is 0 Å². The molecule has 1 heterocycles. The Morgan fingerprint density at radius 3 is 2.33 bits per heavy atom. The average Bonchev–Trinajstić information content (AvgIpc) is 2.36. The summed E-state index contributed by atoms with van der Waals surface area (Å²) in [5.74, 6) is 0. The predicted octanol–water partition coefficient (Wildman–Crippen LogP) is 2.69. The van der Waals surface area contributed by atoms with E-state index in [9.17, 15) is 0 Å². The molecule has 3 unspecified atom stereocenters. The quantitative estimate of drug-likeness (QED) is 0.878. The molecule has 1 aliphatic heterocycles. The number of piperazine rings is 1. The molecule has 1 aromatic carbocycles. The van der Waals surface area contributed by atoms with Crippen molar-refractivity contribution in [2.45, 2.75) is 51.7 Å². The molecule has 0 amide bonds. The van der Waals surface area contributed by atoms with Gasteiger partial charge in [0, 0.05) is 31.2 Å². The summed E-state index contributed by atoms with van der Waals surface area (Å²) in [4.78, 5) is 2.67. The largest absolute Gasteiger partial charge is 0.309 e. The van der Waals surface area contributed by atoms with Crippen molar-refractivity contribution >= 4 is 0 Å². The Balaban J connectivity index is 2.00. The molecule has 0 aromatic heterocycles. The van der Waals surface area contributed by atoms with E-state index in [1.54, 1.807) is 0 Å². The van der Waals surface area contributed by atoms with Gasteiger partial charge in [-0.15, -0.1) is 0 Å². The van der Waals surface area contributed by atoms with E-state index in [4.69, 9.17) is 0 Å². The lowest BCUT2D eigenvalue weighted by Crippen LogP contribution is -2.57. The highest BCUT2D eigenvalue weighted by Crippen LogP contribution is 2.15.